The second-order valence-electron chi connectivity index (χ2n) is 6.07. The van der Waals surface area contributed by atoms with Crippen LogP contribution >= 0.6 is 0 Å². The first-order valence-electron chi connectivity index (χ1n) is 7.71. The maximum atomic E-state index is 13.4. The number of fused-ring (bicyclic) bond motifs is 1. The van der Waals surface area contributed by atoms with E-state index in [1.165, 1.54) is 4.52 Å². The van der Waals surface area contributed by atoms with E-state index in [1.54, 1.807) is 18.3 Å². The standard InChI is InChI=1S/C15H18F2N4O3/c16-15(17)5-3-9(4-6-15)13(19-14(23)24)11-7-21-12(18-11)2-1-10(8-22)20-21/h1-2,7,9,13,19,22H,3-6,8H2,(H,23,24). The van der Waals surface area contributed by atoms with E-state index in [2.05, 4.69) is 15.4 Å². The number of hydrogen-bond acceptors (Lipinski definition) is 4. The lowest BCUT2D eigenvalue weighted by Crippen LogP contribution is -2.36. The van der Waals surface area contributed by atoms with E-state index in [0.29, 0.717) is 17.0 Å². The lowest BCUT2D eigenvalue weighted by molar-refractivity contribution is -0.0495. The molecule has 1 saturated carbocycles. The summed E-state index contributed by atoms with van der Waals surface area (Å²) in [6, 6.07) is 2.61. The summed E-state index contributed by atoms with van der Waals surface area (Å²) in [5.41, 5.74) is 1.39. The van der Waals surface area contributed by atoms with Crippen LogP contribution in [0.15, 0.2) is 18.3 Å². The summed E-state index contributed by atoms with van der Waals surface area (Å²) < 4.78 is 28.2. The van der Waals surface area contributed by atoms with Gasteiger partial charge in [-0.15, -0.1) is 0 Å². The van der Waals surface area contributed by atoms with Crippen molar-refractivity contribution in [2.75, 3.05) is 0 Å². The van der Waals surface area contributed by atoms with Crippen molar-refractivity contribution in [1.29, 1.82) is 0 Å². The molecule has 7 nitrogen and oxygen atoms in total. The number of hydrogen-bond donors (Lipinski definition) is 3. The van der Waals surface area contributed by atoms with Crippen LogP contribution in [0.1, 0.15) is 43.1 Å². The van der Waals surface area contributed by atoms with Gasteiger partial charge in [-0.1, -0.05) is 0 Å². The summed E-state index contributed by atoms with van der Waals surface area (Å²) in [6.07, 6.45) is 0.286. The van der Waals surface area contributed by atoms with E-state index in [9.17, 15) is 13.6 Å². The van der Waals surface area contributed by atoms with Gasteiger partial charge in [-0.3, -0.25) is 0 Å². The molecule has 0 aromatic carbocycles. The molecular weight excluding hydrogens is 322 g/mol. The van der Waals surface area contributed by atoms with Crippen LogP contribution in [0, 0.1) is 5.92 Å². The molecule has 0 radical (unpaired) electrons. The molecule has 1 aliphatic rings. The molecule has 9 heteroatoms. The van der Waals surface area contributed by atoms with E-state index in [0.717, 1.165) is 0 Å². The van der Waals surface area contributed by atoms with Gasteiger partial charge < -0.3 is 15.5 Å². The Morgan fingerprint density at radius 2 is 2.12 bits per heavy atom. The highest BCUT2D eigenvalue weighted by molar-refractivity contribution is 5.65. The Labute approximate surface area is 136 Å². The molecule has 1 amide bonds. The third-order valence-electron chi connectivity index (χ3n) is 4.39. The molecule has 1 fully saturated rings. The highest BCUT2D eigenvalue weighted by atomic mass is 19.3. The molecule has 2 aromatic heterocycles. The molecule has 3 N–H and O–H groups in total. The van der Waals surface area contributed by atoms with Crippen molar-refractivity contribution < 1.29 is 23.8 Å². The van der Waals surface area contributed by atoms with Crippen LogP contribution in [0.3, 0.4) is 0 Å². The molecule has 0 aliphatic heterocycles. The Balaban J connectivity index is 1.89. The summed E-state index contributed by atoms with van der Waals surface area (Å²) in [5, 5.41) is 24.8. The number of aromatic nitrogens is 3. The van der Waals surface area contributed by atoms with Crippen LogP contribution in [0.4, 0.5) is 13.6 Å². The average molecular weight is 340 g/mol. The zero-order chi connectivity index (χ0) is 17.3. The van der Waals surface area contributed by atoms with Crippen molar-refractivity contribution in [3.63, 3.8) is 0 Å². The van der Waals surface area contributed by atoms with Crippen LogP contribution < -0.4 is 5.32 Å². The van der Waals surface area contributed by atoms with Gasteiger partial charge in [0.1, 0.15) is 0 Å². The normalized spacial score (nSPS) is 19.3. The summed E-state index contributed by atoms with van der Waals surface area (Å²) in [4.78, 5) is 15.5. The zero-order valence-corrected chi connectivity index (χ0v) is 12.8. The Morgan fingerprint density at radius 3 is 2.75 bits per heavy atom. The van der Waals surface area contributed by atoms with Crippen LogP contribution in [-0.2, 0) is 6.61 Å². The Morgan fingerprint density at radius 1 is 1.42 bits per heavy atom. The summed E-state index contributed by atoms with van der Waals surface area (Å²) in [7, 11) is 0. The first kappa shape index (κ1) is 16.6. The van der Waals surface area contributed by atoms with Gasteiger partial charge in [0, 0.05) is 12.8 Å². The monoisotopic (exact) mass is 340 g/mol. The fourth-order valence-electron chi connectivity index (χ4n) is 3.14. The van der Waals surface area contributed by atoms with Gasteiger partial charge in [-0.05, 0) is 30.9 Å². The molecule has 2 heterocycles. The molecule has 0 spiro atoms. The number of amides is 1. The predicted molar refractivity (Wildman–Crippen MR) is 79.7 cm³/mol. The van der Waals surface area contributed by atoms with Crippen LogP contribution in [0.5, 0.6) is 0 Å². The number of nitrogens with one attached hydrogen (secondary N) is 1. The number of imidazole rings is 1. The number of aliphatic hydroxyl groups is 1. The number of halogens is 2. The summed E-state index contributed by atoms with van der Waals surface area (Å²) in [6.45, 7) is -0.224. The predicted octanol–water partition coefficient (Wildman–Crippen LogP) is 2.36. The minimum absolute atomic E-state index is 0.223. The van der Waals surface area contributed by atoms with Gasteiger partial charge in [-0.25, -0.2) is 23.1 Å². The Kier molecular flexibility index (Phi) is 4.35. The molecule has 3 rings (SSSR count). The first-order chi connectivity index (χ1) is 11.4. The van der Waals surface area contributed by atoms with Crippen molar-refractivity contribution in [2.24, 2.45) is 5.92 Å². The van der Waals surface area contributed by atoms with Gasteiger partial charge in [0.15, 0.2) is 5.65 Å². The van der Waals surface area contributed by atoms with Crippen molar-refractivity contribution in [3.8, 4) is 0 Å². The molecular formula is C15H18F2N4O3. The van der Waals surface area contributed by atoms with Crippen LogP contribution in [0.25, 0.3) is 5.65 Å². The molecule has 130 valence electrons. The molecule has 1 unspecified atom stereocenters. The number of carboxylic acid groups (broad SMARTS) is 1. The molecule has 24 heavy (non-hydrogen) atoms. The Hall–Kier alpha value is -2.29. The maximum Gasteiger partial charge on any atom is 0.405 e. The third-order valence-corrected chi connectivity index (χ3v) is 4.39. The highest BCUT2D eigenvalue weighted by Gasteiger charge is 2.39. The minimum Gasteiger partial charge on any atom is -0.465 e. The molecule has 0 bridgehead atoms. The number of carbonyl (C=O) groups is 1. The van der Waals surface area contributed by atoms with E-state index >= 15 is 0 Å². The van der Waals surface area contributed by atoms with Crippen molar-refractivity contribution in [1.82, 2.24) is 19.9 Å². The minimum atomic E-state index is -2.68. The maximum absolute atomic E-state index is 13.4. The van der Waals surface area contributed by atoms with E-state index in [1.807, 2.05) is 0 Å². The lowest BCUT2D eigenvalue weighted by atomic mass is 9.81. The smallest absolute Gasteiger partial charge is 0.405 e. The van der Waals surface area contributed by atoms with Gasteiger partial charge in [0.05, 0.1) is 30.2 Å². The lowest BCUT2D eigenvalue weighted by Gasteiger charge is -2.32. The van der Waals surface area contributed by atoms with E-state index < -0.39 is 18.1 Å². The highest BCUT2D eigenvalue weighted by Crippen LogP contribution is 2.41. The van der Waals surface area contributed by atoms with Crippen LogP contribution in [-0.4, -0.2) is 36.8 Å². The van der Waals surface area contributed by atoms with Crippen LogP contribution in [0.2, 0.25) is 0 Å². The largest absolute Gasteiger partial charge is 0.465 e. The number of alkyl halides is 2. The average Bonchev–Trinajstić information content (AvgIpc) is 2.95. The van der Waals surface area contributed by atoms with E-state index in [4.69, 9.17) is 10.2 Å². The molecule has 0 saturated heterocycles. The molecule has 2 aromatic rings. The fraction of sp³-hybridized carbons (Fsp3) is 0.533. The quantitative estimate of drug-likeness (QED) is 0.793. The van der Waals surface area contributed by atoms with E-state index in [-0.39, 0.29) is 38.2 Å². The number of aliphatic hydroxyl groups excluding tert-OH is 1. The first-order valence-corrected chi connectivity index (χ1v) is 7.71. The van der Waals surface area contributed by atoms with Gasteiger partial charge in [0.25, 0.3) is 0 Å². The van der Waals surface area contributed by atoms with Gasteiger partial charge >= 0.3 is 6.09 Å². The second kappa shape index (κ2) is 6.31. The third kappa shape index (κ3) is 3.45. The van der Waals surface area contributed by atoms with Crippen molar-refractivity contribution in [3.05, 3.63) is 29.7 Å². The zero-order valence-electron chi connectivity index (χ0n) is 12.8. The van der Waals surface area contributed by atoms with Crippen molar-refractivity contribution in [2.45, 2.75) is 44.3 Å². The second-order valence-corrected chi connectivity index (χ2v) is 6.07. The molecule has 1 atom stereocenters. The number of nitrogens with zero attached hydrogens (tertiary/aromatic N) is 3. The van der Waals surface area contributed by atoms with Crippen molar-refractivity contribution >= 4 is 11.7 Å². The summed E-state index contributed by atoms with van der Waals surface area (Å²) in [5.74, 6) is -2.93. The SMILES string of the molecule is O=C(O)NC(c1cn2nc(CO)ccc2n1)C1CCC(F)(F)CC1. The van der Waals surface area contributed by atoms with Gasteiger partial charge in [0.2, 0.25) is 5.92 Å². The topological polar surface area (TPSA) is 99.8 Å². The fourth-order valence-corrected chi connectivity index (χ4v) is 3.14. The molecule has 1 aliphatic carbocycles. The van der Waals surface area contributed by atoms with Gasteiger partial charge in [-0.2, -0.15) is 5.10 Å². The Bertz CT molecular complexity index is 739. The summed E-state index contributed by atoms with van der Waals surface area (Å²) >= 11 is 0. The number of rotatable bonds is 4.